The van der Waals surface area contributed by atoms with Crippen molar-refractivity contribution < 1.29 is 14.3 Å². The van der Waals surface area contributed by atoms with Gasteiger partial charge in [-0.15, -0.1) is 0 Å². The number of nitriles is 1. The lowest BCUT2D eigenvalue weighted by Gasteiger charge is -2.15. The van der Waals surface area contributed by atoms with E-state index in [1.807, 2.05) is 6.07 Å². The van der Waals surface area contributed by atoms with Crippen LogP contribution in [0.25, 0.3) is 0 Å². The van der Waals surface area contributed by atoms with Gasteiger partial charge in [-0.3, -0.25) is 20.4 Å². The van der Waals surface area contributed by atoms with Gasteiger partial charge in [-0.1, -0.05) is 12.1 Å². The fourth-order valence-electron chi connectivity index (χ4n) is 1.80. The molecule has 0 heterocycles. The Morgan fingerprint density at radius 3 is 2.42 bits per heavy atom. The van der Waals surface area contributed by atoms with E-state index in [4.69, 9.17) is 10.00 Å². The van der Waals surface area contributed by atoms with E-state index in [-0.39, 0.29) is 0 Å². The monoisotopic (exact) mass is 387 g/mol. The molecule has 0 saturated heterocycles. The molecular formula is C17H14BrN3O3. The summed E-state index contributed by atoms with van der Waals surface area (Å²) >= 11 is 3.27. The van der Waals surface area contributed by atoms with Crippen LogP contribution in [0.4, 0.5) is 0 Å². The molecular weight excluding hydrogens is 374 g/mol. The van der Waals surface area contributed by atoms with Crippen LogP contribution in [-0.2, 0) is 4.79 Å². The Hall–Kier alpha value is -2.85. The highest BCUT2D eigenvalue weighted by molar-refractivity contribution is 9.10. The van der Waals surface area contributed by atoms with Crippen molar-refractivity contribution in [2.45, 2.75) is 13.0 Å². The molecule has 0 aromatic heterocycles. The summed E-state index contributed by atoms with van der Waals surface area (Å²) in [6.45, 7) is 1.55. The maximum atomic E-state index is 12.0. The van der Waals surface area contributed by atoms with Crippen LogP contribution in [0.3, 0.4) is 0 Å². The van der Waals surface area contributed by atoms with E-state index in [1.165, 1.54) is 0 Å². The number of nitrogens with one attached hydrogen (secondary N) is 2. The molecule has 2 N–H and O–H groups in total. The van der Waals surface area contributed by atoms with E-state index in [1.54, 1.807) is 55.5 Å². The molecule has 2 rings (SSSR count). The molecule has 6 nitrogen and oxygen atoms in total. The summed E-state index contributed by atoms with van der Waals surface area (Å²) in [5, 5.41) is 8.74. The number of carbonyl (C=O) groups is 2. The highest BCUT2D eigenvalue weighted by atomic mass is 79.9. The standard InChI is InChI=1S/C17H14BrN3O3/c1-11(24-13-8-6-12(10-19)7-9-13)16(22)20-21-17(23)14-4-2-3-5-15(14)18/h2-9,11H,1H3,(H,20,22)(H,21,23). The van der Waals surface area contributed by atoms with Crippen molar-refractivity contribution in [2.24, 2.45) is 0 Å². The minimum absolute atomic E-state index is 0.401. The van der Waals surface area contributed by atoms with E-state index >= 15 is 0 Å². The first-order valence-electron chi connectivity index (χ1n) is 7.03. The van der Waals surface area contributed by atoms with Crippen LogP contribution in [0.1, 0.15) is 22.8 Å². The van der Waals surface area contributed by atoms with Crippen LogP contribution in [-0.4, -0.2) is 17.9 Å². The summed E-state index contributed by atoms with van der Waals surface area (Å²) in [6, 6.07) is 15.2. The van der Waals surface area contributed by atoms with Crippen LogP contribution < -0.4 is 15.6 Å². The van der Waals surface area contributed by atoms with Gasteiger partial charge in [0.2, 0.25) is 0 Å². The second-order valence-corrected chi connectivity index (χ2v) is 5.67. The number of carbonyl (C=O) groups excluding carboxylic acids is 2. The largest absolute Gasteiger partial charge is 0.481 e. The number of halogens is 1. The summed E-state index contributed by atoms with van der Waals surface area (Å²) in [4.78, 5) is 24.0. The third kappa shape index (κ3) is 4.57. The van der Waals surface area contributed by atoms with Gasteiger partial charge in [-0.2, -0.15) is 5.26 Å². The maximum absolute atomic E-state index is 12.0. The highest BCUT2D eigenvalue weighted by Gasteiger charge is 2.16. The summed E-state index contributed by atoms with van der Waals surface area (Å²) < 4.78 is 6.08. The molecule has 24 heavy (non-hydrogen) atoms. The molecule has 1 atom stereocenters. The van der Waals surface area contributed by atoms with Gasteiger partial charge in [-0.05, 0) is 59.3 Å². The van der Waals surface area contributed by atoms with Crippen molar-refractivity contribution >= 4 is 27.7 Å². The Morgan fingerprint density at radius 2 is 1.79 bits per heavy atom. The van der Waals surface area contributed by atoms with Gasteiger partial charge < -0.3 is 4.74 Å². The summed E-state index contributed by atoms with van der Waals surface area (Å²) in [5.41, 5.74) is 5.55. The average Bonchev–Trinajstić information content (AvgIpc) is 2.60. The highest BCUT2D eigenvalue weighted by Crippen LogP contribution is 2.15. The van der Waals surface area contributed by atoms with Crippen LogP contribution in [0, 0.1) is 11.3 Å². The van der Waals surface area contributed by atoms with Gasteiger partial charge in [0.1, 0.15) is 5.75 Å². The molecule has 7 heteroatoms. The Kier molecular flexibility index (Phi) is 5.93. The van der Waals surface area contributed by atoms with Crippen molar-refractivity contribution in [1.82, 2.24) is 10.9 Å². The van der Waals surface area contributed by atoms with E-state index in [9.17, 15) is 9.59 Å². The predicted octanol–water partition coefficient (Wildman–Crippen LogP) is 2.55. The lowest BCUT2D eigenvalue weighted by molar-refractivity contribution is -0.128. The van der Waals surface area contributed by atoms with Crippen LogP contribution in [0.2, 0.25) is 0 Å². The minimum Gasteiger partial charge on any atom is -0.481 e. The fourth-order valence-corrected chi connectivity index (χ4v) is 2.26. The molecule has 0 aliphatic rings. The zero-order valence-corrected chi connectivity index (χ0v) is 14.3. The maximum Gasteiger partial charge on any atom is 0.279 e. The Bertz CT molecular complexity index is 784. The van der Waals surface area contributed by atoms with E-state index in [0.29, 0.717) is 21.3 Å². The lowest BCUT2D eigenvalue weighted by Crippen LogP contribution is -2.47. The second kappa shape index (κ2) is 8.13. The zero-order chi connectivity index (χ0) is 17.5. The summed E-state index contributed by atoms with van der Waals surface area (Å²) in [5.74, 6) is -0.491. The van der Waals surface area contributed by atoms with Gasteiger partial charge in [0, 0.05) is 4.47 Å². The molecule has 0 fully saturated rings. The Balaban J connectivity index is 1.88. The third-order valence-electron chi connectivity index (χ3n) is 3.08. The van der Waals surface area contributed by atoms with E-state index < -0.39 is 17.9 Å². The van der Waals surface area contributed by atoms with Gasteiger partial charge in [0.25, 0.3) is 11.8 Å². The molecule has 122 valence electrons. The smallest absolute Gasteiger partial charge is 0.279 e. The predicted molar refractivity (Wildman–Crippen MR) is 91.0 cm³/mol. The van der Waals surface area contributed by atoms with Gasteiger partial charge >= 0.3 is 0 Å². The average molecular weight is 388 g/mol. The number of amides is 2. The van der Waals surface area contributed by atoms with Gasteiger partial charge in [-0.25, -0.2) is 0 Å². The van der Waals surface area contributed by atoms with Crippen LogP contribution >= 0.6 is 15.9 Å². The number of rotatable bonds is 4. The molecule has 0 aliphatic carbocycles. The van der Waals surface area contributed by atoms with Crippen molar-refractivity contribution in [3.63, 3.8) is 0 Å². The first-order chi connectivity index (χ1) is 11.5. The van der Waals surface area contributed by atoms with Crippen LogP contribution in [0.15, 0.2) is 53.0 Å². The first kappa shape index (κ1) is 17.5. The van der Waals surface area contributed by atoms with Crippen molar-refractivity contribution in [2.75, 3.05) is 0 Å². The molecule has 0 spiro atoms. The SMILES string of the molecule is CC(Oc1ccc(C#N)cc1)C(=O)NNC(=O)c1ccccc1Br. The minimum atomic E-state index is -0.822. The fraction of sp³-hybridized carbons (Fsp3) is 0.118. The van der Waals surface area contributed by atoms with Gasteiger partial charge in [0.05, 0.1) is 17.2 Å². The Labute approximate surface area is 147 Å². The normalized spacial score (nSPS) is 11.0. The number of hydrazine groups is 1. The van der Waals surface area contributed by atoms with E-state index in [2.05, 4.69) is 26.8 Å². The molecule has 1 unspecified atom stereocenters. The second-order valence-electron chi connectivity index (χ2n) is 4.82. The summed E-state index contributed by atoms with van der Waals surface area (Å²) in [6.07, 6.45) is -0.822. The summed E-state index contributed by atoms with van der Waals surface area (Å²) in [7, 11) is 0. The van der Waals surface area contributed by atoms with Crippen molar-refractivity contribution in [1.29, 1.82) is 5.26 Å². The topological polar surface area (TPSA) is 91.2 Å². The molecule has 0 aliphatic heterocycles. The van der Waals surface area contributed by atoms with Crippen molar-refractivity contribution in [3.8, 4) is 11.8 Å². The quantitative estimate of drug-likeness (QED) is 0.788. The van der Waals surface area contributed by atoms with Crippen LogP contribution in [0.5, 0.6) is 5.75 Å². The number of ether oxygens (including phenoxy) is 1. The van der Waals surface area contributed by atoms with E-state index in [0.717, 1.165) is 0 Å². The van der Waals surface area contributed by atoms with Gasteiger partial charge in [0.15, 0.2) is 6.10 Å². The zero-order valence-electron chi connectivity index (χ0n) is 12.7. The molecule has 2 aromatic rings. The molecule has 2 aromatic carbocycles. The number of hydrogen-bond donors (Lipinski definition) is 2. The number of hydrogen-bond acceptors (Lipinski definition) is 4. The number of nitrogens with zero attached hydrogens (tertiary/aromatic N) is 1. The molecule has 2 amide bonds. The number of benzene rings is 2. The Morgan fingerprint density at radius 1 is 1.12 bits per heavy atom. The molecule has 0 bridgehead atoms. The molecule has 0 radical (unpaired) electrons. The first-order valence-corrected chi connectivity index (χ1v) is 7.82. The third-order valence-corrected chi connectivity index (χ3v) is 3.77. The molecule has 0 saturated carbocycles. The van der Waals surface area contributed by atoms with Crippen molar-refractivity contribution in [3.05, 3.63) is 64.1 Å². The lowest BCUT2D eigenvalue weighted by atomic mass is 10.2.